The van der Waals surface area contributed by atoms with E-state index >= 15 is 0 Å². The molecule has 0 atom stereocenters. The van der Waals surface area contributed by atoms with Crippen LogP contribution < -0.4 is 0 Å². The Hall–Kier alpha value is -3.02. The van der Waals surface area contributed by atoms with Crippen LogP contribution in [0.15, 0.2) is 36.9 Å². The number of aromatic nitrogens is 5. The molecule has 0 amide bonds. The molecule has 1 N–H and O–H groups in total. The Kier molecular flexibility index (Phi) is 2.38. The minimum absolute atomic E-state index is 0.523. The zero-order valence-electron chi connectivity index (χ0n) is 11.2. The van der Waals surface area contributed by atoms with E-state index < -0.39 is 0 Å². The number of hydrogen-bond donors (Lipinski definition) is 1. The average Bonchev–Trinajstić information content (AvgIpc) is 3.14. The lowest BCUT2D eigenvalue weighted by Crippen LogP contribution is -1.93. The Bertz CT molecular complexity index is 982. The first kappa shape index (κ1) is 11.8. The molecule has 0 saturated carbocycles. The van der Waals surface area contributed by atoms with Crippen LogP contribution in [0, 0.1) is 6.92 Å². The molecule has 0 aliphatic rings. The van der Waals surface area contributed by atoms with Gasteiger partial charge >= 0.3 is 0 Å². The van der Waals surface area contributed by atoms with Gasteiger partial charge in [-0.1, -0.05) is 0 Å². The van der Waals surface area contributed by atoms with Crippen molar-refractivity contribution in [1.29, 1.82) is 0 Å². The number of imidazole rings is 1. The fourth-order valence-corrected chi connectivity index (χ4v) is 2.54. The predicted octanol–water partition coefficient (Wildman–Crippen LogP) is 2.39. The Morgan fingerprint density at radius 3 is 2.95 bits per heavy atom. The second-order valence-corrected chi connectivity index (χ2v) is 4.86. The summed E-state index contributed by atoms with van der Waals surface area (Å²) in [5, 5.41) is 8.07. The number of aromatic amines is 1. The molecule has 0 bridgehead atoms. The number of hydrogen-bond acceptors (Lipinski definition) is 4. The summed E-state index contributed by atoms with van der Waals surface area (Å²) in [6.07, 6.45) is 7.87. The van der Waals surface area contributed by atoms with E-state index in [4.69, 9.17) is 0 Å². The zero-order chi connectivity index (χ0) is 14.4. The van der Waals surface area contributed by atoms with E-state index in [1.165, 1.54) is 0 Å². The van der Waals surface area contributed by atoms with Crippen LogP contribution in [0.4, 0.5) is 0 Å². The molecule has 4 heterocycles. The van der Waals surface area contributed by atoms with Gasteiger partial charge in [0.05, 0.1) is 23.6 Å². The number of carbonyl (C=O) groups is 1. The van der Waals surface area contributed by atoms with Gasteiger partial charge in [0.1, 0.15) is 11.3 Å². The molecule has 0 unspecified atom stereocenters. The monoisotopic (exact) mass is 277 g/mol. The summed E-state index contributed by atoms with van der Waals surface area (Å²) in [4.78, 5) is 19.6. The number of aldehydes is 1. The number of carbonyl (C=O) groups excluding carboxylic acids is 1. The Morgan fingerprint density at radius 2 is 2.10 bits per heavy atom. The van der Waals surface area contributed by atoms with Crippen molar-refractivity contribution in [1.82, 2.24) is 24.6 Å². The molecular formula is C15H11N5O. The lowest BCUT2D eigenvalue weighted by atomic mass is 10.1. The van der Waals surface area contributed by atoms with Crippen molar-refractivity contribution in [3.05, 3.63) is 48.3 Å². The molecule has 21 heavy (non-hydrogen) atoms. The van der Waals surface area contributed by atoms with Crippen LogP contribution in [0.3, 0.4) is 0 Å². The van der Waals surface area contributed by atoms with Crippen molar-refractivity contribution < 1.29 is 4.79 Å². The maximum atomic E-state index is 11.1. The third kappa shape index (κ3) is 1.66. The van der Waals surface area contributed by atoms with Crippen molar-refractivity contribution in [2.75, 3.05) is 0 Å². The molecule has 0 aliphatic carbocycles. The van der Waals surface area contributed by atoms with E-state index in [9.17, 15) is 4.79 Å². The zero-order valence-corrected chi connectivity index (χ0v) is 11.2. The summed E-state index contributed by atoms with van der Waals surface area (Å²) in [6, 6.07) is 3.85. The van der Waals surface area contributed by atoms with Gasteiger partial charge in [-0.3, -0.25) is 19.3 Å². The first-order valence-electron chi connectivity index (χ1n) is 6.49. The molecule has 0 aliphatic heterocycles. The highest BCUT2D eigenvalue weighted by molar-refractivity contribution is 5.94. The first-order valence-corrected chi connectivity index (χ1v) is 6.49. The molecular weight excluding hydrogens is 266 g/mol. The van der Waals surface area contributed by atoms with Crippen LogP contribution >= 0.6 is 0 Å². The van der Waals surface area contributed by atoms with Gasteiger partial charge in [0, 0.05) is 28.9 Å². The summed E-state index contributed by atoms with van der Waals surface area (Å²) in [5.74, 6) is 0. The molecule has 0 fully saturated rings. The van der Waals surface area contributed by atoms with E-state index in [1.807, 2.05) is 31.5 Å². The lowest BCUT2D eigenvalue weighted by molar-refractivity contribution is 0.111. The molecule has 0 radical (unpaired) electrons. The molecule has 6 heteroatoms. The van der Waals surface area contributed by atoms with Crippen LogP contribution in [0.25, 0.3) is 27.7 Å². The van der Waals surface area contributed by atoms with Gasteiger partial charge in [-0.2, -0.15) is 5.10 Å². The summed E-state index contributed by atoms with van der Waals surface area (Å²) >= 11 is 0. The fraction of sp³-hybridized carbons (Fsp3) is 0.0667. The highest BCUT2D eigenvalue weighted by atomic mass is 16.1. The quantitative estimate of drug-likeness (QED) is 0.571. The SMILES string of the molecule is Cc1ncc(-c2ccc3ncc(C=O)n3c2)c2cn[nH]c12. The van der Waals surface area contributed by atoms with E-state index in [2.05, 4.69) is 20.2 Å². The van der Waals surface area contributed by atoms with Crippen molar-refractivity contribution in [2.45, 2.75) is 6.92 Å². The van der Waals surface area contributed by atoms with Gasteiger partial charge in [0.2, 0.25) is 0 Å². The highest BCUT2D eigenvalue weighted by Gasteiger charge is 2.10. The minimum Gasteiger partial charge on any atom is -0.297 e. The van der Waals surface area contributed by atoms with Gasteiger partial charge in [-0.05, 0) is 19.1 Å². The number of pyridine rings is 2. The fourth-order valence-electron chi connectivity index (χ4n) is 2.54. The van der Waals surface area contributed by atoms with E-state index in [0.29, 0.717) is 5.69 Å². The standard InChI is InChI=1S/C15H11N5O/c1-9-15-13(6-18-19-15)12(5-16-9)10-2-3-14-17-4-11(8-21)20(14)7-10/h2-8H,1H3,(H,18,19). The van der Waals surface area contributed by atoms with Gasteiger partial charge in [0.15, 0.2) is 6.29 Å². The number of nitrogens with zero attached hydrogens (tertiary/aromatic N) is 4. The number of aryl methyl sites for hydroxylation is 1. The lowest BCUT2D eigenvalue weighted by Gasteiger charge is -2.06. The van der Waals surface area contributed by atoms with Crippen molar-refractivity contribution in [3.8, 4) is 11.1 Å². The predicted molar refractivity (Wildman–Crippen MR) is 78.2 cm³/mol. The second-order valence-electron chi connectivity index (χ2n) is 4.86. The maximum absolute atomic E-state index is 11.1. The van der Waals surface area contributed by atoms with Crippen LogP contribution in [0.1, 0.15) is 16.2 Å². The minimum atomic E-state index is 0.523. The van der Waals surface area contributed by atoms with E-state index in [1.54, 1.807) is 16.8 Å². The molecule has 0 aromatic carbocycles. The van der Waals surface area contributed by atoms with Crippen molar-refractivity contribution >= 4 is 22.8 Å². The highest BCUT2D eigenvalue weighted by Crippen LogP contribution is 2.28. The third-order valence-electron chi connectivity index (χ3n) is 3.64. The molecule has 0 saturated heterocycles. The summed E-state index contributed by atoms with van der Waals surface area (Å²) in [5.41, 5.74) is 5.02. The van der Waals surface area contributed by atoms with Crippen LogP contribution in [-0.4, -0.2) is 30.9 Å². The first-order chi connectivity index (χ1) is 10.3. The third-order valence-corrected chi connectivity index (χ3v) is 3.64. The molecule has 0 spiro atoms. The van der Waals surface area contributed by atoms with E-state index in [0.717, 1.165) is 39.7 Å². The van der Waals surface area contributed by atoms with E-state index in [-0.39, 0.29) is 0 Å². The van der Waals surface area contributed by atoms with Gasteiger partial charge in [0.25, 0.3) is 0 Å². The topological polar surface area (TPSA) is 75.9 Å². The molecule has 102 valence electrons. The summed E-state index contributed by atoms with van der Waals surface area (Å²) in [6.45, 7) is 1.94. The smallest absolute Gasteiger partial charge is 0.168 e. The largest absolute Gasteiger partial charge is 0.297 e. The summed E-state index contributed by atoms with van der Waals surface area (Å²) < 4.78 is 1.77. The number of nitrogens with one attached hydrogen (secondary N) is 1. The van der Waals surface area contributed by atoms with Gasteiger partial charge in [-0.25, -0.2) is 4.98 Å². The molecule has 4 aromatic rings. The van der Waals surface area contributed by atoms with Crippen molar-refractivity contribution in [3.63, 3.8) is 0 Å². The Morgan fingerprint density at radius 1 is 1.19 bits per heavy atom. The van der Waals surface area contributed by atoms with Crippen LogP contribution in [-0.2, 0) is 0 Å². The Balaban J connectivity index is 2.02. The number of rotatable bonds is 2. The number of H-pyrrole nitrogens is 1. The average molecular weight is 277 g/mol. The molecule has 4 rings (SSSR count). The van der Waals surface area contributed by atoms with Gasteiger partial charge < -0.3 is 0 Å². The van der Waals surface area contributed by atoms with Gasteiger partial charge in [-0.15, -0.1) is 0 Å². The second kappa shape index (κ2) is 4.24. The van der Waals surface area contributed by atoms with Crippen molar-refractivity contribution in [2.24, 2.45) is 0 Å². The van der Waals surface area contributed by atoms with Crippen LogP contribution in [0.5, 0.6) is 0 Å². The molecule has 6 nitrogen and oxygen atoms in total. The Labute approximate surface area is 119 Å². The molecule has 4 aromatic heterocycles. The van der Waals surface area contributed by atoms with Crippen LogP contribution in [0.2, 0.25) is 0 Å². The number of fused-ring (bicyclic) bond motifs is 2. The summed E-state index contributed by atoms with van der Waals surface area (Å²) in [7, 11) is 0. The normalized spacial score (nSPS) is 11.3. The maximum Gasteiger partial charge on any atom is 0.168 e.